The molecule has 4 heteroatoms. The topological polar surface area (TPSA) is 44.5 Å². The summed E-state index contributed by atoms with van der Waals surface area (Å²) < 4.78 is 11.8. The van der Waals surface area contributed by atoms with Crippen molar-refractivity contribution in [3.05, 3.63) is 57.2 Å². The molecule has 1 unspecified atom stereocenters. The molecule has 0 heterocycles. The fourth-order valence-electron chi connectivity index (χ4n) is 1.93. The number of hydrogen-bond acceptors (Lipinski definition) is 3. The number of halogens is 1. The number of benzene rings is 2. The molecular formula is C15H16INO2. The molecule has 3 nitrogen and oxygen atoms in total. The molecule has 1 atom stereocenters. The number of methoxy groups -OCH3 is 2. The molecule has 0 bridgehead atoms. The van der Waals surface area contributed by atoms with Crippen LogP contribution in [0.2, 0.25) is 0 Å². The van der Waals surface area contributed by atoms with E-state index in [1.165, 1.54) is 3.57 Å². The van der Waals surface area contributed by atoms with Crippen LogP contribution < -0.4 is 15.2 Å². The van der Waals surface area contributed by atoms with Gasteiger partial charge in [-0.1, -0.05) is 12.1 Å². The molecule has 2 aromatic rings. The molecule has 100 valence electrons. The predicted molar refractivity (Wildman–Crippen MR) is 84.7 cm³/mol. The molecule has 0 amide bonds. The third kappa shape index (κ3) is 3.19. The largest absolute Gasteiger partial charge is 0.497 e. The summed E-state index contributed by atoms with van der Waals surface area (Å²) in [7, 11) is 3.29. The van der Waals surface area contributed by atoms with Crippen molar-refractivity contribution < 1.29 is 9.47 Å². The van der Waals surface area contributed by atoms with E-state index in [1.54, 1.807) is 14.2 Å². The second-order valence-corrected chi connectivity index (χ2v) is 5.38. The molecule has 0 saturated heterocycles. The van der Waals surface area contributed by atoms with Crippen molar-refractivity contribution in [2.75, 3.05) is 14.2 Å². The monoisotopic (exact) mass is 369 g/mol. The first-order chi connectivity index (χ1) is 9.15. The average Bonchev–Trinajstić information content (AvgIpc) is 2.46. The van der Waals surface area contributed by atoms with Crippen molar-refractivity contribution in [3.63, 3.8) is 0 Å². The zero-order valence-electron chi connectivity index (χ0n) is 10.9. The average molecular weight is 369 g/mol. The smallest absolute Gasteiger partial charge is 0.124 e. The summed E-state index contributed by atoms with van der Waals surface area (Å²) in [5.41, 5.74) is 8.30. The van der Waals surface area contributed by atoms with E-state index in [2.05, 4.69) is 22.6 Å². The normalized spacial score (nSPS) is 12.0. The van der Waals surface area contributed by atoms with Gasteiger partial charge in [0, 0.05) is 9.13 Å². The predicted octanol–water partition coefficient (Wildman–Crippen LogP) is 3.36. The summed E-state index contributed by atoms with van der Waals surface area (Å²) in [4.78, 5) is 0. The maximum absolute atomic E-state index is 6.33. The number of nitrogens with two attached hydrogens (primary N) is 1. The van der Waals surface area contributed by atoms with Crippen molar-refractivity contribution in [2.24, 2.45) is 5.73 Å². The lowest BCUT2D eigenvalue weighted by Crippen LogP contribution is -2.13. The first kappa shape index (κ1) is 14.1. The van der Waals surface area contributed by atoms with Crippen LogP contribution in [-0.2, 0) is 0 Å². The quantitative estimate of drug-likeness (QED) is 0.841. The minimum atomic E-state index is -0.234. The fourth-order valence-corrected chi connectivity index (χ4v) is 2.29. The SMILES string of the molecule is COc1ccc(OC)c(C(N)c2ccc(I)cc2)c1. The molecule has 0 aromatic heterocycles. The van der Waals surface area contributed by atoms with Gasteiger partial charge in [0.15, 0.2) is 0 Å². The van der Waals surface area contributed by atoms with Gasteiger partial charge in [0.05, 0.1) is 20.3 Å². The van der Waals surface area contributed by atoms with E-state index in [9.17, 15) is 0 Å². The summed E-state index contributed by atoms with van der Waals surface area (Å²) in [5.74, 6) is 1.55. The van der Waals surface area contributed by atoms with Gasteiger partial charge >= 0.3 is 0 Å². The van der Waals surface area contributed by atoms with E-state index < -0.39 is 0 Å². The number of ether oxygens (including phenoxy) is 2. The molecule has 0 aliphatic rings. The highest BCUT2D eigenvalue weighted by molar-refractivity contribution is 14.1. The highest BCUT2D eigenvalue weighted by Gasteiger charge is 2.15. The van der Waals surface area contributed by atoms with E-state index in [0.29, 0.717) is 0 Å². The van der Waals surface area contributed by atoms with Crippen LogP contribution in [0.3, 0.4) is 0 Å². The van der Waals surface area contributed by atoms with Gasteiger partial charge in [-0.25, -0.2) is 0 Å². The Kier molecular flexibility index (Phi) is 4.66. The van der Waals surface area contributed by atoms with Crippen molar-refractivity contribution >= 4 is 22.6 Å². The lowest BCUT2D eigenvalue weighted by Gasteiger charge is -2.17. The van der Waals surface area contributed by atoms with Gasteiger partial charge in [-0.2, -0.15) is 0 Å². The van der Waals surface area contributed by atoms with E-state index in [4.69, 9.17) is 15.2 Å². The Balaban J connectivity index is 2.41. The molecule has 2 aromatic carbocycles. The second kappa shape index (κ2) is 6.25. The molecule has 0 spiro atoms. The van der Waals surface area contributed by atoms with Crippen LogP contribution in [-0.4, -0.2) is 14.2 Å². The number of hydrogen-bond donors (Lipinski definition) is 1. The highest BCUT2D eigenvalue weighted by atomic mass is 127. The van der Waals surface area contributed by atoms with E-state index >= 15 is 0 Å². The lowest BCUT2D eigenvalue weighted by molar-refractivity contribution is 0.397. The zero-order valence-corrected chi connectivity index (χ0v) is 13.0. The first-order valence-electron chi connectivity index (χ1n) is 5.88. The van der Waals surface area contributed by atoms with Crippen molar-refractivity contribution in [3.8, 4) is 11.5 Å². The van der Waals surface area contributed by atoms with E-state index in [-0.39, 0.29) is 6.04 Å². The van der Waals surface area contributed by atoms with Gasteiger partial charge in [0.25, 0.3) is 0 Å². The fraction of sp³-hybridized carbons (Fsp3) is 0.200. The standard InChI is InChI=1S/C15H16INO2/c1-18-12-7-8-14(19-2)13(9-12)15(17)10-3-5-11(16)6-4-10/h3-9,15H,17H2,1-2H3. The molecule has 0 aliphatic carbocycles. The van der Waals surface area contributed by atoms with E-state index in [0.717, 1.165) is 22.6 Å². The van der Waals surface area contributed by atoms with Crippen LogP contribution in [0.25, 0.3) is 0 Å². The Morgan fingerprint density at radius 3 is 2.26 bits per heavy atom. The molecule has 0 radical (unpaired) electrons. The molecule has 2 N–H and O–H groups in total. The highest BCUT2D eigenvalue weighted by Crippen LogP contribution is 2.31. The summed E-state index contributed by atoms with van der Waals surface area (Å²) in [5, 5.41) is 0. The zero-order chi connectivity index (χ0) is 13.8. The van der Waals surface area contributed by atoms with Gasteiger partial charge in [-0.15, -0.1) is 0 Å². The minimum Gasteiger partial charge on any atom is -0.497 e. The van der Waals surface area contributed by atoms with Crippen molar-refractivity contribution in [2.45, 2.75) is 6.04 Å². The van der Waals surface area contributed by atoms with Gasteiger partial charge in [-0.05, 0) is 58.5 Å². The Morgan fingerprint density at radius 1 is 1.00 bits per heavy atom. The van der Waals surface area contributed by atoms with Crippen molar-refractivity contribution in [1.29, 1.82) is 0 Å². The first-order valence-corrected chi connectivity index (χ1v) is 6.96. The number of rotatable bonds is 4. The van der Waals surface area contributed by atoms with Gasteiger partial charge < -0.3 is 15.2 Å². The summed E-state index contributed by atoms with van der Waals surface area (Å²) in [6.07, 6.45) is 0. The third-order valence-corrected chi connectivity index (χ3v) is 3.72. The molecule has 0 fully saturated rings. The summed E-state index contributed by atoms with van der Waals surface area (Å²) >= 11 is 2.27. The Morgan fingerprint density at radius 2 is 1.68 bits per heavy atom. The lowest BCUT2D eigenvalue weighted by atomic mass is 9.98. The van der Waals surface area contributed by atoms with E-state index in [1.807, 2.05) is 42.5 Å². The summed E-state index contributed by atoms with van der Waals surface area (Å²) in [6, 6.07) is 13.6. The van der Waals surface area contributed by atoms with Crippen LogP contribution in [0.1, 0.15) is 17.2 Å². The van der Waals surface area contributed by atoms with Gasteiger partial charge in [-0.3, -0.25) is 0 Å². The van der Waals surface area contributed by atoms with Crippen LogP contribution in [0.15, 0.2) is 42.5 Å². The van der Waals surface area contributed by atoms with Crippen LogP contribution in [0.5, 0.6) is 11.5 Å². The molecule has 19 heavy (non-hydrogen) atoms. The van der Waals surface area contributed by atoms with Crippen molar-refractivity contribution in [1.82, 2.24) is 0 Å². The van der Waals surface area contributed by atoms with Crippen LogP contribution in [0.4, 0.5) is 0 Å². The Hall–Kier alpha value is -1.27. The third-order valence-electron chi connectivity index (χ3n) is 3.00. The minimum absolute atomic E-state index is 0.234. The molecular weight excluding hydrogens is 353 g/mol. The van der Waals surface area contributed by atoms with Crippen LogP contribution >= 0.6 is 22.6 Å². The van der Waals surface area contributed by atoms with Crippen LogP contribution in [0, 0.1) is 3.57 Å². The molecule has 0 saturated carbocycles. The van der Waals surface area contributed by atoms with Gasteiger partial charge in [0.2, 0.25) is 0 Å². The molecule has 2 rings (SSSR count). The Bertz CT molecular complexity index is 555. The molecule has 0 aliphatic heterocycles. The maximum atomic E-state index is 6.33. The summed E-state index contributed by atoms with van der Waals surface area (Å²) in [6.45, 7) is 0. The second-order valence-electron chi connectivity index (χ2n) is 4.14. The Labute approximate surface area is 126 Å². The van der Waals surface area contributed by atoms with Gasteiger partial charge in [0.1, 0.15) is 11.5 Å². The maximum Gasteiger partial charge on any atom is 0.124 e.